The van der Waals surface area contributed by atoms with Crippen molar-refractivity contribution in [2.75, 3.05) is 0 Å². The van der Waals surface area contributed by atoms with Gasteiger partial charge in [0.1, 0.15) is 0 Å². The second kappa shape index (κ2) is 4.82. The Morgan fingerprint density at radius 3 is 2.67 bits per heavy atom. The van der Waals surface area contributed by atoms with Crippen LogP contribution in [0.2, 0.25) is 0 Å². The third kappa shape index (κ3) is 3.08. The molecule has 2 atom stereocenters. The molecular weight excluding hydrogens is 184 g/mol. The molecule has 0 aromatic carbocycles. The average Bonchev–Trinajstić information content (AvgIpc) is 2.15. The predicted molar refractivity (Wildman–Crippen MR) is 65.3 cm³/mol. The SMILES string of the molecule is CC(/C=C/C1C(C)CCCC1(C)C)=[NH+]N. The molecule has 0 bridgehead atoms. The zero-order valence-corrected chi connectivity index (χ0v) is 10.5. The van der Waals surface area contributed by atoms with Gasteiger partial charge in [-0.15, -0.1) is 5.10 Å². The third-order valence-corrected chi connectivity index (χ3v) is 3.78. The second-order valence-electron chi connectivity index (χ2n) is 5.57. The highest BCUT2D eigenvalue weighted by Crippen LogP contribution is 2.44. The Labute approximate surface area is 93.6 Å². The number of nitrogens with two attached hydrogens (primary N) is 1. The molecule has 0 heterocycles. The molecule has 1 fully saturated rings. The van der Waals surface area contributed by atoms with Crippen LogP contribution >= 0.6 is 0 Å². The minimum atomic E-state index is 0.434. The molecule has 1 aliphatic carbocycles. The molecule has 0 amide bonds. The van der Waals surface area contributed by atoms with Crippen molar-refractivity contribution in [1.29, 1.82) is 0 Å². The van der Waals surface area contributed by atoms with Crippen LogP contribution < -0.4 is 10.9 Å². The quantitative estimate of drug-likeness (QED) is 0.403. The Morgan fingerprint density at radius 1 is 1.47 bits per heavy atom. The molecule has 0 aromatic rings. The van der Waals surface area contributed by atoms with Crippen molar-refractivity contribution >= 4 is 5.71 Å². The second-order valence-corrected chi connectivity index (χ2v) is 5.57. The first-order valence-electron chi connectivity index (χ1n) is 5.96. The zero-order chi connectivity index (χ0) is 11.5. The number of rotatable bonds is 2. The Hall–Kier alpha value is -0.790. The van der Waals surface area contributed by atoms with Crippen molar-refractivity contribution < 1.29 is 5.10 Å². The first kappa shape index (κ1) is 12.3. The van der Waals surface area contributed by atoms with Gasteiger partial charge in [0.2, 0.25) is 0 Å². The van der Waals surface area contributed by atoms with Crippen LogP contribution in [0, 0.1) is 17.3 Å². The van der Waals surface area contributed by atoms with E-state index in [4.69, 9.17) is 5.84 Å². The summed E-state index contributed by atoms with van der Waals surface area (Å²) in [4.78, 5) is 0. The number of nitrogens with one attached hydrogen (secondary N) is 1. The third-order valence-electron chi connectivity index (χ3n) is 3.78. The fourth-order valence-corrected chi connectivity index (χ4v) is 2.74. The van der Waals surface area contributed by atoms with Gasteiger partial charge in [-0.05, 0) is 23.7 Å². The Bertz CT molecular complexity index is 264. The Balaban J connectivity index is 2.76. The maximum Gasteiger partial charge on any atom is 0.199 e. The first-order valence-corrected chi connectivity index (χ1v) is 5.96. The van der Waals surface area contributed by atoms with Gasteiger partial charge in [0.25, 0.3) is 0 Å². The van der Waals surface area contributed by atoms with Crippen LogP contribution in [0.1, 0.15) is 47.0 Å². The van der Waals surface area contributed by atoms with Crippen LogP contribution in [-0.4, -0.2) is 5.71 Å². The lowest BCUT2D eigenvalue weighted by Gasteiger charge is -2.41. The van der Waals surface area contributed by atoms with Gasteiger partial charge in [0, 0.05) is 13.0 Å². The van der Waals surface area contributed by atoms with Crippen LogP contribution in [-0.2, 0) is 0 Å². The van der Waals surface area contributed by atoms with Gasteiger partial charge in [-0.2, -0.15) is 0 Å². The zero-order valence-electron chi connectivity index (χ0n) is 10.5. The highest BCUT2D eigenvalue weighted by Gasteiger charge is 2.34. The molecule has 0 aliphatic heterocycles. The molecule has 0 saturated heterocycles. The molecule has 0 spiro atoms. The van der Waals surface area contributed by atoms with Crippen molar-refractivity contribution in [2.45, 2.75) is 47.0 Å². The van der Waals surface area contributed by atoms with Crippen molar-refractivity contribution in [1.82, 2.24) is 0 Å². The van der Waals surface area contributed by atoms with Crippen molar-refractivity contribution in [3.63, 3.8) is 0 Å². The molecule has 2 heteroatoms. The van der Waals surface area contributed by atoms with Crippen LogP contribution in [0.25, 0.3) is 0 Å². The average molecular weight is 209 g/mol. The fraction of sp³-hybridized carbons (Fsp3) is 0.769. The monoisotopic (exact) mass is 209 g/mol. The number of hydrazine groups is 1. The van der Waals surface area contributed by atoms with E-state index in [0.717, 1.165) is 11.6 Å². The lowest BCUT2D eigenvalue weighted by atomic mass is 9.64. The smallest absolute Gasteiger partial charge is 0.199 e. The van der Waals surface area contributed by atoms with E-state index in [1.165, 1.54) is 19.3 Å². The number of hydrogen-bond acceptors (Lipinski definition) is 1. The summed E-state index contributed by atoms with van der Waals surface area (Å²) in [6.07, 6.45) is 8.51. The first-order chi connectivity index (χ1) is 6.97. The molecule has 86 valence electrons. The van der Waals surface area contributed by atoms with Crippen molar-refractivity contribution in [2.24, 2.45) is 23.1 Å². The van der Waals surface area contributed by atoms with E-state index in [1.54, 1.807) is 0 Å². The summed E-state index contributed by atoms with van der Waals surface area (Å²) >= 11 is 0. The normalized spacial score (nSPS) is 32.1. The van der Waals surface area contributed by atoms with Crippen molar-refractivity contribution in [3.05, 3.63) is 12.2 Å². The maximum absolute atomic E-state index is 5.35. The van der Waals surface area contributed by atoms with Gasteiger partial charge in [-0.25, -0.2) is 5.84 Å². The summed E-state index contributed by atoms with van der Waals surface area (Å²) in [5, 5.41) is 2.68. The lowest BCUT2D eigenvalue weighted by molar-refractivity contribution is -0.469. The molecular formula is C13H25N2+. The summed E-state index contributed by atoms with van der Waals surface area (Å²) in [5.74, 6) is 6.81. The standard InChI is InChI=1S/C13H24N2/c1-10-6-5-9-13(3,4)12(10)8-7-11(2)15-14/h7-8,10,12H,5-6,9,14H2,1-4H3/p+1/b8-7+,15-11?. The predicted octanol–water partition coefficient (Wildman–Crippen LogP) is 1.42. The molecule has 0 radical (unpaired) electrons. The molecule has 15 heavy (non-hydrogen) atoms. The van der Waals surface area contributed by atoms with Crippen molar-refractivity contribution in [3.8, 4) is 0 Å². The minimum Gasteiger partial charge on any atom is -0.213 e. The highest BCUT2D eigenvalue weighted by atomic mass is 15.1. The molecule has 2 unspecified atom stereocenters. The van der Waals surface area contributed by atoms with Crippen LogP contribution in [0.4, 0.5) is 0 Å². The summed E-state index contributed by atoms with van der Waals surface area (Å²) in [6, 6.07) is 0. The Morgan fingerprint density at radius 2 is 2.13 bits per heavy atom. The van der Waals surface area contributed by atoms with Gasteiger partial charge in [-0.1, -0.05) is 39.7 Å². The van der Waals surface area contributed by atoms with Gasteiger partial charge in [0.05, 0.1) is 0 Å². The summed E-state index contributed by atoms with van der Waals surface area (Å²) in [5.41, 5.74) is 1.46. The van der Waals surface area contributed by atoms with E-state index in [0.29, 0.717) is 11.3 Å². The molecule has 0 aromatic heterocycles. The van der Waals surface area contributed by atoms with E-state index in [-0.39, 0.29) is 0 Å². The van der Waals surface area contributed by atoms with Gasteiger partial charge in [-0.3, -0.25) is 0 Å². The van der Waals surface area contributed by atoms with E-state index in [2.05, 4.69) is 38.0 Å². The van der Waals surface area contributed by atoms with E-state index in [1.807, 2.05) is 6.92 Å². The molecule has 1 rings (SSSR count). The van der Waals surface area contributed by atoms with Gasteiger partial charge >= 0.3 is 0 Å². The van der Waals surface area contributed by atoms with Crippen LogP contribution in [0.5, 0.6) is 0 Å². The molecule has 3 N–H and O–H groups in total. The van der Waals surface area contributed by atoms with E-state index >= 15 is 0 Å². The van der Waals surface area contributed by atoms with Gasteiger partial charge in [0.15, 0.2) is 5.71 Å². The summed E-state index contributed by atoms with van der Waals surface area (Å²) < 4.78 is 0. The van der Waals surface area contributed by atoms with Crippen LogP contribution in [0.15, 0.2) is 12.2 Å². The Kier molecular flexibility index (Phi) is 3.95. The van der Waals surface area contributed by atoms with E-state index in [9.17, 15) is 0 Å². The summed E-state index contributed by atoms with van der Waals surface area (Å²) in [7, 11) is 0. The van der Waals surface area contributed by atoms with Crippen LogP contribution in [0.3, 0.4) is 0 Å². The summed E-state index contributed by atoms with van der Waals surface area (Å²) in [6.45, 7) is 9.11. The number of hydrogen-bond donors (Lipinski definition) is 2. The highest BCUT2D eigenvalue weighted by molar-refractivity contribution is 5.87. The fourth-order valence-electron chi connectivity index (χ4n) is 2.74. The molecule has 1 aliphatic rings. The maximum atomic E-state index is 5.35. The number of allylic oxidation sites excluding steroid dienone is 2. The largest absolute Gasteiger partial charge is 0.213 e. The lowest BCUT2D eigenvalue weighted by Crippen LogP contribution is -2.79. The van der Waals surface area contributed by atoms with E-state index < -0.39 is 0 Å². The number of hydrazone groups is 1. The minimum absolute atomic E-state index is 0.434. The van der Waals surface area contributed by atoms with Gasteiger partial charge < -0.3 is 0 Å². The topological polar surface area (TPSA) is 40.0 Å². The molecule has 1 saturated carbocycles. The molecule has 2 nitrogen and oxygen atoms in total.